The summed E-state index contributed by atoms with van der Waals surface area (Å²) in [7, 11) is 0. The van der Waals surface area contributed by atoms with Crippen LogP contribution in [0.4, 0.5) is 5.69 Å². The monoisotopic (exact) mass is 411 g/mol. The average Bonchev–Trinajstić information content (AvgIpc) is 2.79. The molecule has 0 atom stereocenters. The van der Waals surface area contributed by atoms with Crippen LogP contribution in [0.2, 0.25) is 0 Å². The highest BCUT2D eigenvalue weighted by atomic mass is 16.6. The van der Waals surface area contributed by atoms with E-state index < -0.39 is 4.92 Å². The molecule has 160 valence electrons. The summed E-state index contributed by atoms with van der Waals surface area (Å²) in [6, 6.07) is 16.3. The Hall–Kier alpha value is -2.93. The second-order valence-corrected chi connectivity index (χ2v) is 7.50. The number of benzene rings is 2. The van der Waals surface area contributed by atoms with Gasteiger partial charge in [-0.15, -0.1) is 0 Å². The van der Waals surface area contributed by atoms with E-state index in [4.69, 9.17) is 4.74 Å². The second-order valence-electron chi connectivity index (χ2n) is 7.50. The van der Waals surface area contributed by atoms with Crippen LogP contribution in [0.1, 0.15) is 36.5 Å². The van der Waals surface area contributed by atoms with Crippen LogP contribution in [0.3, 0.4) is 0 Å². The lowest BCUT2D eigenvalue weighted by Crippen LogP contribution is -2.48. The Morgan fingerprint density at radius 2 is 1.77 bits per heavy atom. The maximum Gasteiger partial charge on any atom is 0.310 e. The number of likely N-dealkylation sites (tertiary alicyclic amines) is 1. The molecule has 1 aliphatic rings. The molecule has 7 heteroatoms. The number of amides is 1. The van der Waals surface area contributed by atoms with Gasteiger partial charge in [-0.25, -0.2) is 0 Å². The Morgan fingerprint density at radius 3 is 2.43 bits per heavy atom. The number of piperidine rings is 1. The van der Waals surface area contributed by atoms with Gasteiger partial charge < -0.3 is 9.64 Å². The molecule has 0 aromatic heterocycles. The molecular weight excluding hydrogens is 382 g/mol. The molecule has 1 saturated heterocycles. The number of carbonyl (C=O) groups is 1. The summed E-state index contributed by atoms with van der Waals surface area (Å²) in [4.78, 5) is 27.7. The van der Waals surface area contributed by atoms with E-state index in [1.54, 1.807) is 18.2 Å². The van der Waals surface area contributed by atoms with Crippen LogP contribution in [0.15, 0.2) is 54.6 Å². The number of hydrogen-bond donors (Lipinski definition) is 0. The van der Waals surface area contributed by atoms with Crippen LogP contribution in [-0.4, -0.2) is 59.5 Å². The van der Waals surface area contributed by atoms with Crippen molar-refractivity contribution in [3.63, 3.8) is 0 Å². The minimum Gasteiger partial charge on any atom is -0.485 e. The molecule has 1 heterocycles. The molecule has 3 rings (SSSR count). The maximum absolute atomic E-state index is 12.7. The van der Waals surface area contributed by atoms with Crippen LogP contribution in [0.25, 0.3) is 0 Å². The first-order valence-electron chi connectivity index (χ1n) is 10.5. The van der Waals surface area contributed by atoms with Crippen LogP contribution >= 0.6 is 0 Å². The van der Waals surface area contributed by atoms with Gasteiger partial charge in [-0.05, 0) is 44.0 Å². The molecular formula is C23H29N3O4. The fraction of sp³-hybridized carbons (Fsp3) is 0.435. The zero-order chi connectivity index (χ0) is 21.3. The largest absolute Gasteiger partial charge is 0.485 e. The Labute approximate surface area is 177 Å². The van der Waals surface area contributed by atoms with Crippen molar-refractivity contribution in [3.05, 3.63) is 70.3 Å². The predicted molar refractivity (Wildman–Crippen MR) is 116 cm³/mol. The highest BCUT2D eigenvalue weighted by Gasteiger charge is 2.27. The summed E-state index contributed by atoms with van der Waals surface area (Å²) in [5.41, 5.74) is 0.728. The highest BCUT2D eigenvalue weighted by Crippen LogP contribution is 2.26. The molecule has 0 unspecified atom stereocenters. The number of nitrogens with zero attached hydrogens (tertiary/aromatic N) is 3. The van der Waals surface area contributed by atoms with Gasteiger partial charge in [-0.1, -0.05) is 37.3 Å². The third kappa shape index (κ3) is 5.57. The molecule has 0 N–H and O–H groups in total. The van der Waals surface area contributed by atoms with Crippen molar-refractivity contribution in [1.82, 2.24) is 9.80 Å². The Kier molecular flexibility index (Phi) is 7.79. The number of carbonyl (C=O) groups excluding carboxylic acids is 1. The highest BCUT2D eigenvalue weighted by molar-refractivity contribution is 5.94. The number of rotatable bonds is 9. The van der Waals surface area contributed by atoms with Crippen molar-refractivity contribution in [2.45, 2.75) is 32.2 Å². The number of para-hydroxylation sites is 2. The van der Waals surface area contributed by atoms with E-state index in [0.717, 1.165) is 44.5 Å². The molecule has 0 aliphatic carbocycles. The van der Waals surface area contributed by atoms with Crippen molar-refractivity contribution in [1.29, 1.82) is 0 Å². The predicted octanol–water partition coefficient (Wildman–Crippen LogP) is 3.99. The van der Waals surface area contributed by atoms with E-state index in [-0.39, 0.29) is 11.6 Å². The average molecular weight is 412 g/mol. The maximum atomic E-state index is 12.7. The summed E-state index contributed by atoms with van der Waals surface area (Å²) in [6.45, 7) is 5.67. The third-order valence-corrected chi connectivity index (χ3v) is 5.50. The smallest absolute Gasteiger partial charge is 0.310 e. The normalized spacial score (nSPS) is 14.7. The third-order valence-electron chi connectivity index (χ3n) is 5.50. The van der Waals surface area contributed by atoms with Crippen LogP contribution in [0.5, 0.6) is 5.75 Å². The van der Waals surface area contributed by atoms with Gasteiger partial charge in [0.25, 0.3) is 5.91 Å². The molecule has 2 aromatic carbocycles. The van der Waals surface area contributed by atoms with Gasteiger partial charge in [0.2, 0.25) is 0 Å². The number of nitro groups is 1. The Balaban J connectivity index is 1.52. The molecule has 1 amide bonds. The van der Waals surface area contributed by atoms with Gasteiger partial charge in [0.05, 0.1) is 4.92 Å². The first-order chi connectivity index (χ1) is 14.6. The van der Waals surface area contributed by atoms with E-state index in [9.17, 15) is 14.9 Å². The SMILES string of the molecule is CCCN(CCOc1ccccc1[N+](=O)[O-])C1CCN(C(=O)c2ccccc2)CC1. The zero-order valence-corrected chi connectivity index (χ0v) is 17.4. The molecule has 0 saturated carbocycles. The Bertz CT molecular complexity index is 835. The first-order valence-corrected chi connectivity index (χ1v) is 10.5. The standard InChI is InChI=1S/C23H29N3O4/c1-2-14-24(17-18-30-22-11-7-6-10-21(22)26(28)29)20-12-15-25(16-13-20)23(27)19-8-4-3-5-9-19/h3-11,20H,2,12-18H2,1H3. The molecule has 1 aliphatic heterocycles. The van der Waals surface area contributed by atoms with Gasteiger partial charge in [0.1, 0.15) is 6.61 Å². The van der Waals surface area contributed by atoms with Crippen LogP contribution < -0.4 is 4.74 Å². The van der Waals surface area contributed by atoms with E-state index in [2.05, 4.69) is 11.8 Å². The van der Waals surface area contributed by atoms with E-state index in [0.29, 0.717) is 24.9 Å². The van der Waals surface area contributed by atoms with Crippen molar-refractivity contribution in [3.8, 4) is 5.75 Å². The first kappa shape index (κ1) is 21.8. The summed E-state index contributed by atoms with van der Waals surface area (Å²) < 4.78 is 5.74. The topological polar surface area (TPSA) is 75.9 Å². The molecule has 0 spiro atoms. The minimum atomic E-state index is -0.418. The van der Waals surface area contributed by atoms with Crippen molar-refractivity contribution < 1.29 is 14.5 Å². The van der Waals surface area contributed by atoms with Gasteiger partial charge >= 0.3 is 5.69 Å². The minimum absolute atomic E-state index is 0.00715. The van der Waals surface area contributed by atoms with Crippen LogP contribution in [0, 0.1) is 10.1 Å². The lowest BCUT2D eigenvalue weighted by molar-refractivity contribution is -0.385. The summed E-state index contributed by atoms with van der Waals surface area (Å²) in [6.07, 6.45) is 2.86. The molecule has 7 nitrogen and oxygen atoms in total. The van der Waals surface area contributed by atoms with E-state index in [1.165, 1.54) is 6.07 Å². The molecule has 0 bridgehead atoms. The van der Waals surface area contributed by atoms with E-state index >= 15 is 0 Å². The molecule has 30 heavy (non-hydrogen) atoms. The fourth-order valence-corrected chi connectivity index (χ4v) is 3.96. The van der Waals surface area contributed by atoms with Crippen molar-refractivity contribution in [2.24, 2.45) is 0 Å². The van der Waals surface area contributed by atoms with Gasteiger partial charge in [-0.2, -0.15) is 0 Å². The van der Waals surface area contributed by atoms with Gasteiger partial charge in [0, 0.05) is 37.3 Å². The quantitative estimate of drug-likeness (QED) is 0.461. The van der Waals surface area contributed by atoms with Crippen LogP contribution in [-0.2, 0) is 0 Å². The van der Waals surface area contributed by atoms with Crippen molar-refractivity contribution in [2.75, 3.05) is 32.8 Å². The zero-order valence-electron chi connectivity index (χ0n) is 17.4. The number of ether oxygens (including phenoxy) is 1. The fourth-order valence-electron chi connectivity index (χ4n) is 3.96. The van der Waals surface area contributed by atoms with Gasteiger partial charge in [-0.3, -0.25) is 19.8 Å². The summed E-state index contributed by atoms with van der Waals surface area (Å²) >= 11 is 0. The lowest BCUT2D eigenvalue weighted by Gasteiger charge is -2.38. The molecule has 0 radical (unpaired) electrons. The van der Waals surface area contributed by atoms with Gasteiger partial charge in [0.15, 0.2) is 5.75 Å². The number of hydrogen-bond acceptors (Lipinski definition) is 5. The van der Waals surface area contributed by atoms with E-state index in [1.807, 2.05) is 35.2 Å². The van der Waals surface area contributed by atoms with Crippen molar-refractivity contribution >= 4 is 11.6 Å². The molecule has 2 aromatic rings. The second kappa shape index (κ2) is 10.7. The number of nitro benzene ring substituents is 1. The summed E-state index contributed by atoms with van der Waals surface area (Å²) in [5, 5.41) is 11.1. The molecule has 1 fully saturated rings. The lowest BCUT2D eigenvalue weighted by atomic mass is 10.0. The summed E-state index contributed by atoms with van der Waals surface area (Å²) in [5.74, 6) is 0.401. The Morgan fingerprint density at radius 1 is 1.10 bits per heavy atom.